The SMILES string of the molecule is COc1ccc2c(C(=O)c3cc(OC)c(OC)c(OC)c3)c(-c3cnn(CC(=O)O)c3)oc2c1. The van der Waals surface area contributed by atoms with Crippen molar-refractivity contribution in [2.75, 3.05) is 28.4 Å². The van der Waals surface area contributed by atoms with Crippen LogP contribution in [0.4, 0.5) is 0 Å². The van der Waals surface area contributed by atoms with Gasteiger partial charge in [-0.25, -0.2) is 0 Å². The van der Waals surface area contributed by atoms with Crippen LogP contribution in [0, 0.1) is 0 Å². The molecule has 4 aromatic rings. The number of ketones is 1. The van der Waals surface area contributed by atoms with Gasteiger partial charge in [0.15, 0.2) is 17.3 Å². The predicted molar refractivity (Wildman–Crippen MR) is 121 cm³/mol. The number of fused-ring (bicyclic) bond motifs is 1. The van der Waals surface area contributed by atoms with E-state index in [-0.39, 0.29) is 29.2 Å². The molecule has 4 rings (SSSR count). The first-order valence-corrected chi connectivity index (χ1v) is 10.1. The highest BCUT2D eigenvalue weighted by Gasteiger charge is 2.27. The zero-order valence-electron chi connectivity index (χ0n) is 18.9. The molecule has 10 heteroatoms. The Morgan fingerprint density at radius 3 is 2.29 bits per heavy atom. The summed E-state index contributed by atoms with van der Waals surface area (Å²) in [5, 5.41) is 13.7. The number of nitrogens with zero attached hydrogens (tertiary/aromatic N) is 2. The number of methoxy groups -OCH3 is 4. The maximum absolute atomic E-state index is 13.8. The molecule has 0 saturated heterocycles. The molecule has 0 aliphatic carbocycles. The second-order valence-electron chi connectivity index (χ2n) is 7.23. The molecule has 1 N–H and O–H groups in total. The molecular weight excluding hydrogens is 444 g/mol. The molecule has 0 saturated carbocycles. The second-order valence-corrected chi connectivity index (χ2v) is 7.23. The molecule has 10 nitrogen and oxygen atoms in total. The normalized spacial score (nSPS) is 10.8. The fourth-order valence-corrected chi connectivity index (χ4v) is 3.70. The lowest BCUT2D eigenvalue weighted by Crippen LogP contribution is -2.08. The van der Waals surface area contributed by atoms with Crippen LogP contribution in [-0.4, -0.2) is 55.1 Å². The molecular formula is C24H22N2O8. The van der Waals surface area contributed by atoms with E-state index in [1.54, 1.807) is 30.3 Å². The number of benzene rings is 2. The van der Waals surface area contributed by atoms with Gasteiger partial charge in [0.2, 0.25) is 5.75 Å². The Balaban J connectivity index is 1.92. The monoisotopic (exact) mass is 466 g/mol. The van der Waals surface area contributed by atoms with Crippen molar-refractivity contribution >= 4 is 22.7 Å². The summed E-state index contributed by atoms with van der Waals surface area (Å²) in [5.41, 5.74) is 1.44. The molecule has 0 radical (unpaired) electrons. The van der Waals surface area contributed by atoms with E-state index in [2.05, 4.69) is 5.10 Å². The number of carbonyl (C=O) groups is 2. The first kappa shape index (κ1) is 22.7. The molecule has 0 atom stereocenters. The van der Waals surface area contributed by atoms with Gasteiger partial charge in [-0.2, -0.15) is 5.10 Å². The van der Waals surface area contributed by atoms with Crippen LogP contribution in [0.1, 0.15) is 15.9 Å². The first-order valence-electron chi connectivity index (χ1n) is 10.1. The molecule has 0 aliphatic heterocycles. The summed E-state index contributed by atoms with van der Waals surface area (Å²) in [6.45, 7) is -0.329. The van der Waals surface area contributed by atoms with Gasteiger partial charge in [-0.1, -0.05) is 0 Å². The molecule has 176 valence electrons. The van der Waals surface area contributed by atoms with Gasteiger partial charge in [0.1, 0.15) is 23.6 Å². The third kappa shape index (κ3) is 4.01. The Bertz CT molecular complexity index is 1360. The van der Waals surface area contributed by atoms with Crippen LogP contribution < -0.4 is 18.9 Å². The topological polar surface area (TPSA) is 122 Å². The van der Waals surface area contributed by atoms with Gasteiger partial charge >= 0.3 is 5.97 Å². The molecule has 0 amide bonds. The number of hydrogen-bond donors (Lipinski definition) is 1. The van der Waals surface area contributed by atoms with Gasteiger partial charge in [-0.05, 0) is 24.3 Å². The number of carboxylic acid groups (broad SMARTS) is 1. The first-order chi connectivity index (χ1) is 16.4. The number of rotatable bonds is 9. The van der Waals surface area contributed by atoms with Gasteiger partial charge in [0.05, 0.1) is 45.8 Å². The Labute approximate surface area is 194 Å². The summed E-state index contributed by atoms with van der Waals surface area (Å²) in [6, 6.07) is 8.25. The van der Waals surface area contributed by atoms with Gasteiger partial charge in [-0.15, -0.1) is 0 Å². The predicted octanol–water partition coefficient (Wildman–Crippen LogP) is 3.65. The number of ether oxygens (including phenoxy) is 4. The lowest BCUT2D eigenvalue weighted by Gasteiger charge is -2.13. The van der Waals surface area contributed by atoms with Gasteiger partial charge < -0.3 is 28.5 Å². The fourth-order valence-electron chi connectivity index (χ4n) is 3.70. The van der Waals surface area contributed by atoms with E-state index >= 15 is 0 Å². The summed E-state index contributed by atoms with van der Waals surface area (Å²) in [7, 11) is 5.94. The number of aliphatic carboxylic acids is 1. The molecule has 0 bridgehead atoms. The lowest BCUT2D eigenvalue weighted by atomic mass is 9.97. The zero-order valence-corrected chi connectivity index (χ0v) is 18.9. The van der Waals surface area contributed by atoms with Crippen molar-refractivity contribution in [3.63, 3.8) is 0 Å². The van der Waals surface area contributed by atoms with Crippen LogP contribution in [0.3, 0.4) is 0 Å². The standard InChI is InChI=1S/C24H22N2O8/c1-30-15-5-6-16-17(9-15)34-23(14-10-25-26(11-14)12-20(27)28)21(16)22(29)13-7-18(31-2)24(33-4)19(8-13)32-3/h5-11H,12H2,1-4H3,(H,27,28). The molecule has 34 heavy (non-hydrogen) atoms. The summed E-state index contributed by atoms with van der Waals surface area (Å²) >= 11 is 0. The quantitative estimate of drug-likeness (QED) is 0.368. The molecule has 0 aliphatic rings. The maximum Gasteiger partial charge on any atom is 0.325 e. The van der Waals surface area contributed by atoms with Crippen molar-refractivity contribution in [3.8, 4) is 34.3 Å². The smallest absolute Gasteiger partial charge is 0.325 e. The summed E-state index contributed by atoms with van der Waals surface area (Å²) in [4.78, 5) is 24.9. The summed E-state index contributed by atoms with van der Waals surface area (Å²) in [5.74, 6) is 0.422. The van der Waals surface area contributed by atoms with E-state index in [4.69, 9.17) is 28.5 Å². The molecule has 2 heterocycles. The van der Waals surface area contributed by atoms with Crippen molar-refractivity contribution in [2.24, 2.45) is 0 Å². The van der Waals surface area contributed by atoms with Gasteiger partial charge in [0.25, 0.3) is 0 Å². The second kappa shape index (κ2) is 9.18. The Kier molecular flexibility index (Phi) is 6.13. The van der Waals surface area contributed by atoms with Crippen LogP contribution >= 0.6 is 0 Å². The fraction of sp³-hybridized carbons (Fsp3) is 0.208. The average molecular weight is 466 g/mol. The van der Waals surface area contributed by atoms with Crippen molar-refractivity contribution in [2.45, 2.75) is 6.54 Å². The van der Waals surface area contributed by atoms with Crippen molar-refractivity contribution in [1.29, 1.82) is 0 Å². The highest BCUT2D eigenvalue weighted by Crippen LogP contribution is 2.41. The van der Waals surface area contributed by atoms with E-state index in [1.165, 1.54) is 45.5 Å². The van der Waals surface area contributed by atoms with Crippen LogP contribution in [0.5, 0.6) is 23.0 Å². The molecule has 0 unspecified atom stereocenters. The average Bonchev–Trinajstić information content (AvgIpc) is 3.45. The van der Waals surface area contributed by atoms with E-state index in [0.29, 0.717) is 39.5 Å². The Morgan fingerprint density at radius 2 is 1.71 bits per heavy atom. The molecule has 0 fully saturated rings. The minimum absolute atomic E-state index is 0.249. The van der Waals surface area contributed by atoms with Crippen molar-refractivity contribution in [1.82, 2.24) is 9.78 Å². The summed E-state index contributed by atoms with van der Waals surface area (Å²) in [6.07, 6.45) is 2.96. The highest BCUT2D eigenvalue weighted by atomic mass is 16.5. The van der Waals surface area contributed by atoms with Crippen molar-refractivity contribution in [3.05, 3.63) is 53.9 Å². The van der Waals surface area contributed by atoms with Crippen LogP contribution in [0.15, 0.2) is 47.1 Å². The van der Waals surface area contributed by atoms with Crippen LogP contribution in [0.25, 0.3) is 22.3 Å². The minimum atomic E-state index is -1.04. The maximum atomic E-state index is 13.8. The largest absolute Gasteiger partial charge is 0.497 e. The molecule has 0 spiro atoms. The highest BCUT2D eigenvalue weighted by molar-refractivity contribution is 6.20. The third-order valence-electron chi connectivity index (χ3n) is 5.24. The number of aromatic nitrogens is 2. The molecule has 2 aromatic carbocycles. The lowest BCUT2D eigenvalue weighted by molar-refractivity contribution is -0.137. The summed E-state index contributed by atoms with van der Waals surface area (Å²) < 4.78 is 28.7. The van der Waals surface area contributed by atoms with Crippen LogP contribution in [-0.2, 0) is 11.3 Å². The number of carbonyl (C=O) groups excluding carboxylic acids is 1. The van der Waals surface area contributed by atoms with E-state index in [1.807, 2.05) is 0 Å². The number of carboxylic acids is 1. The molecule has 2 aromatic heterocycles. The number of hydrogen-bond acceptors (Lipinski definition) is 8. The third-order valence-corrected chi connectivity index (χ3v) is 5.24. The zero-order chi connectivity index (χ0) is 24.4. The van der Waals surface area contributed by atoms with E-state index in [9.17, 15) is 9.59 Å². The van der Waals surface area contributed by atoms with Crippen molar-refractivity contribution < 1.29 is 38.1 Å². The van der Waals surface area contributed by atoms with E-state index in [0.717, 1.165) is 0 Å². The van der Waals surface area contributed by atoms with E-state index < -0.39 is 5.97 Å². The van der Waals surface area contributed by atoms with Gasteiger partial charge in [0, 0.05) is 23.2 Å². The number of furan rings is 1. The Morgan fingerprint density at radius 1 is 1.00 bits per heavy atom. The van der Waals surface area contributed by atoms with Gasteiger partial charge in [-0.3, -0.25) is 14.3 Å². The Hall–Kier alpha value is -4.47. The minimum Gasteiger partial charge on any atom is -0.497 e. The van der Waals surface area contributed by atoms with Crippen LogP contribution in [0.2, 0.25) is 0 Å².